The Bertz CT molecular complexity index is 615. The molecule has 0 fully saturated rings. The van der Waals surface area contributed by atoms with E-state index in [1.807, 2.05) is 38.1 Å². The van der Waals surface area contributed by atoms with Gasteiger partial charge < -0.3 is 10.6 Å². The number of hydrogen-bond acceptors (Lipinski definition) is 3. The van der Waals surface area contributed by atoms with Crippen LogP contribution in [0.5, 0.6) is 0 Å². The first kappa shape index (κ1) is 15.0. The number of amides is 1. The molecule has 1 aromatic heterocycles. The second-order valence-corrected chi connectivity index (χ2v) is 5.01. The van der Waals surface area contributed by atoms with Crippen molar-refractivity contribution in [3.8, 4) is 0 Å². The average Bonchev–Trinajstić information content (AvgIpc) is 2.52. The molecule has 110 valence electrons. The van der Waals surface area contributed by atoms with E-state index in [-0.39, 0.29) is 5.91 Å². The average molecular weight is 283 g/mol. The summed E-state index contributed by atoms with van der Waals surface area (Å²) in [6, 6.07) is 11.7. The lowest BCUT2D eigenvalue weighted by atomic mass is 10.1. The minimum Gasteiger partial charge on any atom is -0.373 e. The Morgan fingerprint density at radius 3 is 2.71 bits per heavy atom. The lowest BCUT2D eigenvalue weighted by Gasteiger charge is -2.09. The SMILES string of the molecule is CCc1cc(C(=O)NCc2cccc(C)c2)cc(NC)n1. The molecule has 0 aliphatic carbocycles. The second-order valence-electron chi connectivity index (χ2n) is 5.01. The van der Waals surface area contributed by atoms with E-state index in [9.17, 15) is 4.79 Å². The van der Waals surface area contributed by atoms with Crippen LogP contribution >= 0.6 is 0 Å². The third-order valence-electron chi connectivity index (χ3n) is 3.29. The molecule has 4 nitrogen and oxygen atoms in total. The molecular weight excluding hydrogens is 262 g/mol. The van der Waals surface area contributed by atoms with Gasteiger partial charge in [-0.15, -0.1) is 0 Å². The van der Waals surface area contributed by atoms with Crippen LogP contribution in [-0.4, -0.2) is 17.9 Å². The van der Waals surface area contributed by atoms with E-state index in [0.717, 1.165) is 23.5 Å². The molecule has 2 rings (SSSR count). The maximum atomic E-state index is 12.3. The smallest absolute Gasteiger partial charge is 0.251 e. The van der Waals surface area contributed by atoms with Gasteiger partial charge in [0.1, 0.15) is 5.82 Å². The van der Waals surface area contributed by atoms with Gasteiger partial charge in [0.2, 0.25) is 0 Å². The summed E-state index contributed by atoms with van der Waals surface area (Å²) < 4.78 is 0. The van der Waals surface area contributed by atoms with Gasteiger partial charge in [0, 0.05) is 24.8 Å². The number of nitrogens with one attached hydrogen (secondary N) is 2. The minimum absolute atomic E-state index is 0.0786. The molecule has 21 heavy (non-hydrogen) atoms. The Morgan fingerprint density at radius 2 is 2.05 bits per heavy atom. The third kappa shape index (κ3) is 4.05. The Kier molecular flexibility index (Phi) is 4.93. The number of pyridine rings is 1. The predicted molar refractivity (Wildman–Crippen MR) is 85.5 cm³/mol. The number of hydrogen-bond donors (Lipinski definition) is 2. The third-order valence-corrected chi connectivity index (χ3v) is 3.29. The van der Waals surface area contributed by atoms with Crippen molar-refractivity contribution >= 4 is 11.7 Å². The van der Waals surface area contributed by atoms with Gasteiger partial charge in [-0.3, -0.25) is 4.79 Å². The van der Waals surface area contributed by atoms with Crippen molar-refractivity contribution in [3.05, 3.63) is 58.8 Å². The van der Waals surface area contributed by atoms with Crippen LogP contribution in [0.4, 0.5) is 5.82 Å². The van der Waals surface area contributed by atoms with Crippen LogP contribution in [0.3, 0.4) is 0 Å². The number of benzene rings is 1. The summed E-state index contributed by atoms with van der Waals surface area (Å²) in [6.07, 6.45) is 0.799. The summed E-state index contributed by atoms with van der Waals surface area (Å²) in [5.41, 5.74) is 3.83. The number of aryl methyl sites for hydroxylation is 2. The highest BCUT2D eigenvalue weighted by atomic mass is 16.1. The van der Waals surface area contributed by atoms with Crippen molar-refractivity contribution < 1.29 is 4.79 Å². The zero-order chi connectivity index (χ0) is 15.2. The van der Waals surface area contributed by atoms with Gasteiger partial charge in [0.05, 0.1) is 0 Å². The molecule has 0 unspecified atom stereocenters. The number of carbonyl (C=O) groups excluding carboxylic acids is 1. The van der Waals surface area contributed by atoms with Gasteiger partial charge in [-0.05, 0) is 31.0 Å². The fraction of sp³-hybridized carbons (Fsp3) is 0.294. The second kappa shape index (κ2) is 6.88. The van der Waals surface area contributed by atoms with E-state index in [1.54, 1.807) is 13.1 Å². The van der Waals surface area contributed by atoms with E-state index in [4.69, 9.17) is 0 Å². The highest BCUT2D eigenvalue weighted by Crippen LogP contribution is 2.11. The van der Waals surface area contributed by atoms with Gasteiger partial charge in [-0.2, -0.15) is 0 Å². The van der Waals surface area contributed by atoms with Gasteiger partial charge in [-0.25, -0.2) is 4.98 Å². The fourth-order valence-corrected chi connectivity index (χ4v) is 2.13. The van der Waals surface area contributed by atoms with Gasteiger partial charge in [-0.1, -0.05) is 36.8 Å². The molecule has 0 bridgehead atoms. The minimum atomic E-state index is -0.0786. The molecule has 0 radical (unpaired) electrons. The van der Waals surface area contributed by atoms with Crippen LogP contribution in [0, 0.1) is 6.92 Å². The standard InChI is InChI=1S/C17H21N3O/c1-4-15-9-14(10-16(18-3)20-15)17(21)19-11-13-7-5-6-12(2)8-13/h5-10H,4,11H2,1-3H3,(H,18,20)(H,19,21). The summed E-state index contributed by atoms with van der Waals surface area (Å²) in [4.78, 5) is 16.7. The normalized spacial score (nSPS) is 10.2. The van der Waals surface area contributed by atoms with E-state index in [2.05, 4.69) is 21.7 Å². The van der Waals surface area contributed by atoms with Crippen LogP contribution in [0.2, 0.25) is 0 Å². The zero-order valence-electron chi connectivity index (χ0n) is 12.7. The zero-order valence-corrected chi connectivity index (χ0v) is 12.7. The Hall–Kier alpha value is -2.36. The van der Waals surface area contributed by atoms with Crippen molar-refractivity contribution in [2.24, 2.45) is 0 Å². The summed E-state index contributed by atoms with van der Waals surface area (Å²) >= 11 is 0. The molecule has 0 saturated carbocycles. The summed E-state index contributed by atoms with van der Waals surface area (Å²) in [7, 11) is 1.80. The number of carbonyl (C=O) groups is 1. The van der Waals surface area contributed by atoms with Crippen LogP contribution in [0.1, 0.15) is 34.1 Å². The summed E-state index contributed by atoms with van der Waals surface area (Å²) in [6.45, 7) is 4.59. The van der Waals surface area contributed by atoms with Gasteiger partial charge in [0.25, 0.3) is 5.91 Å². The van der Waals surface area contributed by atoms with Crippen LogP contribution in [0.25, 0.3) is 0 Å². The largest absolute Gasteiger partial charge is 0.373 e. The van der Waals surface area contributed by atoms with Gasteiger partial charge >= 0.3 is 0 Å². The van der Waals surface area contributed by atoms with E-state index < -0.39 is 0 Å². The van der Waals surface area contributed by atoms with Crippen LogP contribution in [-0.2, 0) is 13.0 Å². The number of aromatic nitrogens is 1. The molecule has 0 saturated heterocycles. The molecule has 1 amide bonds. The number of nitrogens with zero attached hydrogens (tertiary/aromatic N) is 1. The van der Waals surface area contributed by atoms with E-state index >= 15 is 0 Å². The molecule has 2 N–H and O–H groups in total. The lowest BCUT2D eigenvalue weighted by molar-refractivity contribution is 0.0950. The molecule has 4 heteroatoms. The monoisotopic (exact) mass is 283 g/mol. The molecule has 0 atom stereocenters. The van der Waals surface area contributed by atoms with E-state index in [1.165, 1.54) is 5.56 Å². The first-order valence-electron chi connectivity index (χ1n) is 7.15. The molecule has 0 spiro atoms. The maximum absolute atomic E-state index is 12.3. The van der Waals surface area contributed by atoms with Crippen molar-refractivity contribution in [1.29, 1.82) is 0 Å². The fourth-order valence-electron chi connectivity index (χ4n) is 2.13. The first-order chi connectivity index (χ1) is 10.1. The number of anilines is 1. The van der Waals surface area contributed by atoms with E-state index in [0.29, 0.717) is 12.1 Å². The van der Waals surface area contributed by atoms with Crippen molar-refractivity contribution in [3.63, 3.8) is 0 Å². The van der Waals surface area contributed by atoms with Crippen LogP contribution < -0.4 is 10.6 Å². The molecular formula is C17H21N3O. The number of rotatable bonds is 5. The molecule has 2 aromatic rings. The van der Waals surface area contributed by atoms with Crippen molar-refractivity contribution in [1.82, 2.24) is 10.3 Å². The summed E-state index contributed by atoms with van der Waals surface area (Å²) in [5.74, 6) is 0.639. The molecule has 0 aliphatic heterocycles. The quantitative estimate of drug-likeness (QED) is 0.887. The first-order valence-corrected chi connectivity index (χ1v) is 7.15. The van der Waals surface area contributed by atoms with Crippen molar-refractivity contribution in [2.75, 3.05) is 12.4 Å². The van der Waals surface area contributed by atoms with Gasteiger partial charge in [0.15, 0.2) is 0 Å². The Labute approximate surface area is 125 Å². The predicted octanol–water partition coefficient (Wildman–Crippen LogP) is 2.92. The molecule has 1 aromatic carbocycles. The molecule has 1 heterocycles. The Morgan fingerprint density at radius 1 is 1.24 bits per heavy atom. The topological polar surface area (TPSA) is 54.0 Å². The summed E-state index contributed by atoms with van der Waals surface area (Å²) in [5, 5.41) is 5.94. The van der Waals surface area contributed by atoms with Crippen LogP contribution in [0.15, 0.2) is 36.4 Å². The highest BCUT2D eigenvalue weighted by Gasteiger charge is 2.09. The highest BCUT2D eigenvalue weighted by molar-refractivity contribution is 5.95. The van der Waals surface area contributed by atoms with Crippen molar-refractivity contribution in [2.45, 2.75) is 26.8 Å². The Balaban J connectivity index is 2.09. The molecule has 0 aliphatic rings. The lowest BCUT2D eigenvalue weighted by Crippen LogP contribution is -2.23. The maximum Gasteiger partial charge on any atom is 0.251 e.